The van der Waals surface area contributed by atoms with E-state index in [1.54, 1.807) is 6.07 Å². The van der Waals surface area contributed by atoms with Crippen molar-refractivity contribution in [2.45, 2.75) is 20.5 Å². The van der Waals surface area contributed by atoms with E-state index in [1.165, 1.54) is 19.2 Å². The van der Waals surface area contributed by atoms with Crippen LogP contribution in [-0.2, 0) is 6.61 Å². The zero-order valence-electron chi connectivity index (χ0n) is 8.17. The number of halogens is 1. The van der Waals surface area contributed by atoms with Crippen LogP contribution in [0.15, 0.2) is 18.2 Å². The van der Waals surface area contributed by atoms with Crippen LogP contribution in [-0.4, -0.2) is 12.2 Å². The second-order valence-corrected chi connectivity index (χ2v) is 2.08. The third-order valence-electron chi connectivity index (χ3n) is 1.45. The lowest BCUT2D eigenvalue weighted by atomic mass is 10.2. The maximum atomic E-state index is 12.8. The van der Waals surface area contributed by atoms with Crippen molar-refractivity contribution in [1.82, 2.24) is 0 Å². The topological polar surface area (TPSA) is 29.5 Å². The average molecular weight is 186 g/mol. The van der Waals surface area contributed by atoms with Gasteiger partial charge in [0.25, 0.3) is 0 Å². The lowest BCUT2D eigenvalue weighted by molar-refractivity contribution is 0.267. The van der Waals surface area contributed by atoms with Gasteiger partial charge in [0.1, 0.15) is 11.6 Å². The van der Waals surface area contributed by atoms with Crippen molar-refractivity contribution in [3.63, 3.8) is 0 Å². The van der Waals surface area contributed by atoms with E-state index in [-0.39, 0.29) is 12.2 Å². The van der Waals surface area contributed by atoms with Crippen LogP contribution < -0.4 is 4.74 Å². The predicted octanol–water partition coefficient (Wildman–Crippen LogP) is 2.35. The van der Waals surface area contributed by atoms with E-state index in [2.05, 4.69) is 0 Å². The van der Waals surface area contributed by atoms with Crippen LogP contribution in [0.2, 0.25) is 0 Å². The molecule has 3 heteroatoms. The van der Waals surface area contributed by atoms with Gasteiger partial charge in [0.05, 0.1) is 19.3 Å². The van der Waals surface area contributed by atoms with Crippen molar-refractivity contribution in [2.75, 3.05) is 7.11 Å². The standard InChI is InChI=1S/C8H9FO2.C2H6/c1-11-8-4-2-3-7(9)6(8)5-10;1-2/h2-4,10H,5H2,1H3;1-2H3. The summed E-state index contributed by atoms with van der Waals surface area (Å²) in [6.07, 6.45) is 0. The second kappa shape index (κ2) is 6.43. The van der Waals surface area contributed by atoms with Crippen molar-refractivity contribution in [3.8, 4) is 5.75 Å². The Morgan fingerprint density at radius 2 is 2.00 bits per heavy atom. The molecule has 1 aromatic carbocycles. The first-order chi connectivity index (χ1) is 6.29. The molecule has 74 valence electrons. The van der Waals surface area contributed by atoms with E-state index < -0.39 is 5.82 Å². The van der Waals surface area contributed by atoms with E-state index in [9.17, 15) is 4.39 Å². The zero-order valence-corrected chi connectivity index (χ0v) is 8.17. The van der Waals surface area contributed by atoms with Gasteiger partial charge >= 0.3 is 0 Å². The number of aliphatic hydroxyl groups is 1. The first-order valence-corrected chi connectivity index (χ1v) is 4.22. The SMILES string of the molecule is CC.COc1cccc(F)c1CO. The van der Waals surface area contributed by atoms with Gasteiger partial charge in [-0.25, -0.2) is 4.39 Å². The highest BCUT2D eigenvalue weighted by atomic mass is 19.1. The molecule has 0 spiro atoms. The number of aliphatic hydroxyl groups excluding tert-OH is 1. The van der Waals surface area contributed by atoms with E-state index >= 15 is 0 Å². The number of rotatable bonds is 2. The molecule has 1 aromatic rings. The van der Waals surface area contributed by atoms with Crippen molar-refractivity contribution in [1.29, 1.82) is 0 Å². The minimum Gasteiger partial charge on any atom is -0.496 e. The predicted molar refractivity (Wildman–Crippen MR) is 50.2 cm³/mol. The highest BCUT2D eigenvalue weighted by Gasteiger charge is 2.05. The summed E-state index contributed by atoms with van der Waals surface area (Å²) in [4.78, 5) is 0. The maximum Gasteiger partial charge on any atom is 0.132 e. The minimum absolute atomic E-state index is 0.204. The van der Waals surface area contributed by atoms with Gasteiger partial charge in [0, 0.05) is 0 Å². The maximum absolute atomic E-state index is 12.8. The summed E-state index contributed by atoms with van der Waals surface area (Å²) in [5.74, 6) is -0.0562. The summed E-state index contributed by atoms with van der Waals surface area (Å²) in [6.45, 7) is 3.66. The Morgan fingerprint density at radius 3 is 2.38 bits per heavy atom. The molecule has 0 saturated heterocycles. The Morgan fingerprint density at radius 1 is 1.38 bits per heavy atom. The Balaban J connectivity index is 0.000000671. The summed E-state index contributed by atoms with van der Waals surface area (Å²) in [5.41, 5.74) is 0.204. The van der Waals surface area contributed by atoms with Crippen LogP contribution in [0.3, 0.4) is 0 Å². The Bertz CT molecular complexity index is 249. The average Bonchev–Trinajstić information content (AvgIpc) is 2.20. The molecule has 1 N–H and O–H groups in total. The molecule has 0 aliphatic carbocycles. The van der Waals surface area contributed by atoms with Crippen molar-refractivity contribution in [3.05, 3.63) is 29.6 Å². The molecule has 0 unspecified atom stereocenters. The summed E-state index contributed by atoms with van der Waals surface area (Å²) < 4.78 is 17.6. The van der Waals surface area contributed by atoms with Gasteiger partial charge < -0.3 is 9.84 Å². The molecule has 0 amide bonds. The number of methoxy groups -OCH3 is 1. The van der Waals surface area contributed by atoms with Gasteiger partial charge in [0.2, 0.25) is 0 Å². The Hall–Kier alpha value is -1.09. The summed E-state index contributed by atoms with van der Waals surface area (Å²) in [6, 6.07) is 4.43. The smallest absolute Gasteiger partial charge is 0.132 e. The molecule has 13 heavy (non-hydrogen) atoms. The van der Waals surface area contributed by atoms with E-state index in [0.29, 0.717) is 5.75 Å². The molecular formula is C10H15FO2. The molecule has 0 aromatic heterocycles. The van der Waals surface area contributed by atoms with Gasteiger partial charge in [-0.3, -0.25) is 0 Å². The molecule has 1 rings (SSSR count). The fraction of sp³-hybridized carbons (Fsp3) is 0.400. The van der Waals surface area contributed by atoms with Gasteiger partial charge in [-0.2, -0.15) is 0 Å². The number of ether oxygens (including phenoxy) is 1. The third kappa shape index (κ3) is 3.03. The van der Waals surface area contributed by atoms with Crippen LogP contribution in [0.1, 0.15) is 19.4 Å². The van der Waals surface area contributed by atoms with Crippen LogP contribution >= 0.6 is 0 Å². The first-order valence-electron chi connectivity index (χ1n) is 4.22. The molecule has 0 aliphatic heterocycles. The number of hydrogen-bond donors (Lipinski definition) is 1. The molecule has 0 saturated carbocycles. The second-order valence-electron chi connectivity index (χ2n) is 2.08. The fourth-order valence-corrected chi connectivity index (χ4v) is 0.884. The minimum atomic E-state index is -0.438. The molecule has 0 aliphatic rings. The van der Waals surface area contributed by atoms with Crippen molar-refractivity contribution >= 4 is 0 Å². The summed E-state index contributed by atoms with van der Waals surface area (Å²) in [5, 5.41) is 8.71. The highest BCUT2D eigenvalue weighted by molar-refractivity contribution is 5.33. The van der Waals surface area contributed by atoms with Crippen LogP contribution in [0, 0.1) is 5.82 Å². The van der Waals surface area contributed by atoms with Crippen molar-refractivity contribution in [2.24, 2.45) is 0 Å². The van der Waals surface area contributed by atoms with Crippen LogP contribution in [0.5, 0.6) is 5.75 Å². The summed E-state index contributed by atoms with van der Waals surface area (Å²) in [7, 11) is 1.44. The molecule has 0 bridgehead atoms. The first kappa shape index (κ1) is 11.9. The van der Waals surface area contributed by atoms with E-state index in [4.69, 9.17) is 9.84 Å². The van der Waals surface area contributed by atoms with Crippen LogP contribution in [0.4, 0.5) is 4.39 Å². The molecule has 0 radical (unpaired) electrons. The van der Waals surface area contributed by atoms with Crippen LogP contribution in [0.25, 0.3) is 0 Å². The van der Waals surface area contributed by atoms with E-state index in [1.807, 2.05) is 13.8 Å². The summed E-state index contributed by atoms with van der Waals surface area (Å²) >= 11 is 0. The lowest BCUT2D eigenvalue weighted by Crippen LogP contribution is -1.94. The molecule has 0 fully saturated rings. The Labute approximate surface area is 78.0 Å². The van der Waals surface area contributed by atoms with Gasteiger partial charge in [-0.15, -0.1) is 0 Å². The largest absolute Gasteiger partial charge is 0.496 e. The Kier molecular flexibility index (Phi) is 5.89. The van der Waals surface area contributed by atoms with Crippen molar-refractivity contribution < 1.29 is 14.2 Å². The molecule has 0 heterocycles. The third-order valence-corrected chi connectivity index (χ3v) is 1.45. The quantitative estimate of drug-likeness (QED) is 0.768. The zero-order chi connectivity index (χ0) is 10.3. The fourth-order valence-electron chi connectivity index (χ4n) is 0.884. The highest BCUT2D eigenvalue weighted by Crippen LogP contribution is 2.20. The monoisotopic (exact) mass is 186 g/mol. The number of benzene rings is 1. The lowest BCUT2D eigenvalue weighted by Gasteiger charge is -2.05. The normalized spacial score (nSPS) is 8.69. The van der Waals surface area contributed by atoms with E-state index in [0.717, 1.165) is 0 Å². The van der Waals surface area contributed by atoms with Gasteiger partial charge in [0.15, 0.2) is 0 Å². The molecular weight excluding hydrogens is 171 g/mol. The van der Waals surface area contributed by atoms with Gasteiger partial charge in [-0.05, 0) is 12.1 Å². The molecule has 0 atom stereocenters. The number of hydrogen-bond acceptors (Lipinski definition) is 2. The van der Waals surface area contributed by atoms with Gasteiger partial charge in [-0.1, -0.05) is 19.9 Å². The molecule has 2 nitrogen and oxygen atoms in total.